The standard InChI is InChI=1S/C24H17ClN4O2S/c1-31-18-6-7-21-19(10-18)20(14-29(21)13-15-2-4-17(25)5-3-15)23(30)22-12-26-24(32-22)16-8-9-27-28-11-16/h2-12,14H,13H2,1H3. The molecular weight excluding hydrogens is 444 g/mol. The topological polar surface area (TPSA) is 69.9 Å². The van der Waals surface area contributed by atoms with E-state index in [0.717, 1.165) is 27.0 Å². The molecule has 32 heavy (non-hydrogen) atoms. The van der Waals surface area contributed by atoms with Gasteiger partial charge in [0.2, 0.25) is 5.78 Å². The van der Waals surface area contributed by atoms with Crippen LogP contribution in [-0.2, 0) is 6.54 Å². The van der Waals surface area contributed by atoms with Gasteiger partial charge in [0.25, 0.3) is 0 Å². The number of ether oxygens (including phenoxy) is 1. The summed E-state index contributed by atoms with van der Waals surface area (Å²) in [5, 5.41) is 9.94. The fourth-order valence-electron chi connectivity index (χ4n) is 3.56. The number of halogens is 1. The Labute approximate surface area is 193 Å². The van der Waals surface area contributed by atoms with Gasteiger partial charge in [-0.15, -0.1) is 11.3 Å². The van der Waals surface area contributed by atoms with Gasteiger partial charge in [-0.3, -0.25) is 4.79 Å². The van der Waals surface area contributed by atoms with Gasteiger partial charge >= 0.3 is 0 Å². The first-order chi connectivity index (χ1) is 15.6. The second kappa shape index (κ2) is 8.53. The van der Waals surface area contributed by atoms with E-state index in [2.05, 4.69) is 19.7 Å². The molecule has 0 radical (unpaired) electrons. The van der Waals surface area contributed by atoms with Crippen molar-refractivity contribution in [3.63, 3.8) is 0 Å². The summed E-state index contributed by atoms with van der Waals surface area (Å²) >= 11 is 7.36. The Morgan fingerprint density at radius 1 is 1.09 bits per heavy atom. The zero-order chi connectivity index (χ0) is 22.1. The zero-order valence-electron chi connectivity index (χ0n) is 17.0. The van der Waals surface area contributed by atoms with Crippen molar-refractivity contribution >= 4 is 39.6 Å². The SMILES string of the molecule is COc1ccc2c(c1)c(C(=O)c1cnc(-c3ccnnc3)s1)cn2Cc1ccc(Cl)cc1. The van der Waals surface area contributed by atoms with Crippen LogP contribution in [0, 0.1) is 0 Å². The highest BCUT2D eigenvalue weighted by atomic mass is 35.5. The highest BCUT2D eigenvalue weighted by molar-refractivity contribution is 7.17. The van der Waals surface area contributed by atoms with Crippen LogP contribution in [-0.4, -0.2) is 32.6 Å². The van der Waals surface area contributed by atoms with Gasteiger partial charge in [0.1, 0.15) is 10.8 Å². The summed E-state index contributed by atoms with van der Waals surface area (Å²) < 4.78 is 7.48. The van der Waals surface area contributed by atoms with Crippen molar-refractivity contribution in [3.05, 3.63) is 94.3 Å². The summed E-state index contributed by atoms with van der Waals surface area (Å²) in [7, 11) is 1.62. The van der Waals surface area contributed by atoms with Crippen molar-refractivity contribution in [1.29, 1.82) is 0 Å². The van der Waals surface area contributed by atoms with Crippen molar-refractivity contribution in [2.75, 3.05) is 7.11 Å². The Kier molecular flexibility index (Phi) is 5.43. The maximum atomic E-state index is 13.5. The molecule has 3 heterocycles. The van der Waals surface area contributed by atoms with E-state index in [1.807, 2.05) is 54.7 Å². The number of rotatable bonds is 6. The summed E-state index contributed by atoms with van der Waals surface area (Å²) in [5.74, 6) is 0.618. The molecule has 5 rings (SSSR count). The van der Waals surface area contributed by atoms with Gasteiger partial charge < -0.3 is 9.30 Å². The maximum absolute atomic E-state index is 13.5. The third-order valence-electron chi connectivity index (χ3n) is 5.16. The number of nitrogens with zero attached hydrogens (tertiary/aromatic N) is 4. The monoisotopic (exact) mass is 460 g/mol. The van der Waals surface area contributed by atoms with E-state index in [1.54, 1.807) is 25.7 Å². The zero-order valence-corrected chi connectivity index (χ0v) is 18.6. The lowest BCUT2D eigenvalue weighted by Crippen LogP contribution is -1.99. The number of hydrogen-bond donors (Lipinski definition) is 0. The first kappa shape index (κ1) is 20.4. The average molecular weight is 461 g/mol. The van der Waals surface area contributed by atoms with Crippen LogP contribution >= 0.6 is 22.9 Å². The van der Waals surface area contributed by atoms with Crippen LogP contribution in [0.2, 0.25) is 5.02 Å². The number of carbonyl (C=O) groups excluding carboxylic acids is 1. The number of benzene rings is 2. The van der Waals surface area contributed by atoms with E-state index < -0.39 is 0 Å². The molecule has 8 heteroatoms. The van der Waals surface area contributed by atoms with Gasteiger partial charge in [-0.25, -0.2) is 4.98 Å². The molecule has 0 aliphatic rings. The number of thiazole rings is 1. The van der Waals surface area contributed by atoms with Gasteiger partial charge in [-0.1, -0.05) is 23.7 Å². The summed E-state index contributed by atoms with van der Waals surface area (Å²) in [6.07, 6.45) is 6.75. The van der Waals surface area contributed by atoms with Crippen LogP contribution in [0.5, 0.6) is 5.75 Å². The maximum Gasteiger partial charge on any atom is 0.206 e. The molecule has 2 aromatic carbocycles. The first-order valence-corrected chi connectivity index (χ1v) is 11.0. The molecule has 6 nitrogen and oxygen atoms in total. The fraction of sp³-hybridized carbons (Fsp3) is 0.0833. The van der Waals surface area contributed by atoms with E-state index in [0.29, 0.717) is 27.8 Å². The van der Waals surface area contributed by atoms with E-state index in [-0.39, 0.29) is 5.78 Å². The van der Waals surface area contributed by atoms with Crippen LogP contribution in [0.1, 0.15) is 20.8 Å². The van der Waals surface area contributed by atoms with Gasteiger partial charge in [-0.2, -0.15) is 10.2 Å². The molecule has 0 aliphatic carbocycles. The number of fused-ring (bicyclic) bond motifs is 1. The van der Waals surface area contributed by atoms with Crippen molar-refractivity contribution in [1.82, 2.24) is 19.7 Å². The number of carbonyl (C=O) groups is 1. The molecule has 0 saturated heterocycles. The van der Waals surface area contributed by atoms with Crippen LogP contribution in [0.4, 0.5) is 0 Å². The quantitative estimate of drug-likeness (QED) is 0.313. The molecule has 3 aromatic heterocycles. The third kappa shape index (κ3) is 3.88. The van der Waals surface area contributed by atoms with Crippen LogP contribution in [0.15, 0.2) is 73.3 Å². The van der Waals surface area contributed by atoms with Gasteiger partial charge in [0.05, 0.1) is 24.4 Å². The minimum absolute atomic E-state index is 0.0797. The van der Waals surface area contributed by atoms with Crippen LogP contribution in [0.3, 0.4) is 0 Å². The van der Waals surface area contributed by atoms with Crippen molar-refractivity contribution in [3.8, 4) is 16.3 Å². The van der Waals surface area contributed by atoms with Crippen LogP contribution < -0.4 is 4.74 Å². The van der Waals surface area contributed by atoms with E-state index in [1.165, 1.54) is 11.3 Å². The molecule has 0 saturated carbocycles. The van der Waals surface area contributed by atoms with Crippen LogP contribution in [0.25, 0.3) is 21.5 Å². The predicted molar refractivity (Wildman–Crippen MR) is 126 cm³/mol. The molecule has 0 aliphatic heterocycles. The Morgan fingerprint density at radius 2 is 1.94 bits per heavy atom. The smallest absolute Gasteiger partial charge is 0.206 e. The van der Waals surface area contributed by atoms with Crippen molar-refractivity contribution in [2.24, 2.45) is 0 Å². The molecule has 0 atom stereocenters. The lowest BCUT2D eigenvalue weighted by Gasteiger charge is -2.06. The largest absolute Gasteiger partial charge is 0.497 e. The minimum Gasteiger partial charge on any atom is -0.497 e. The average Bonchev–Trinajstić information content (AvgIpc) is 3.46. The minimum atomic E-state index is -0.0797. The molecule has 0 unspecified atom stereocenters. The second-order valence-electron chi connectivity index (χ2n) is 7.17. The molecular formula is C24H17ClN4O2S. The van der Waals surface area contributed by atoms with Gasteiger partial charge in [-0.05, 0) is 42.0 Å². The summed E-state index contributed by atoms with van der Waals surface area (Å²) in [5.41, 5.74) is 3.48. The summed E-state index contributed by atoms with van der Waals surface area (Å²) in [6.45, 7) is 0.615. The molecule has 0 spiro atoms. The molecule has 158 valence electrons. The predicted octanol–water partition coefficient (Wildman–Crippen LogP) is 5.50. The van der Waals surface area contributed by atoms with Gasteiger partial charge in [0, 0.05) is 46.0 Å². The fourth-order valence-corrected chi connectivity index (χ4v) is 4.55. The molecule has 0 bridgehead atoms. The Balaban J connectivity index is 1.56. The number of methoxy groups -OCH3 is 1. The third-order valence-corrected chi connectivity index (χ3v) is 6.46. The summed E-state index contributed by atoms with van der Waals surface area (Å²) in [6, 6.07) is 15.3. The number of ketones is 1. The normalized spacial score (nSPS) is 11.1. The summed E-state index contributed by atoms with van der Waals surface area (Å²) in [4.78, 5) is 18.5. The molecule has 5 aromatic rings. The van der Waals surface area contributed by atoms with Crippen molar-refractivity contribution in [2.45, 2.75) is 6.54 Å². The number of aromatic nitrogens is 4. The molecule has 0 amide bonds. The molecule has 0 fully saturated rings. The lowest BCUT2D eigenvalue weighted by atomic mass is 10.1. The first-order valence-electron chi connectivity index (χ1n) is 9.81. The van der Waals surface area contributed by atoms with Crippen molar-refractivity contribution < 1.29 is 9.53 Å². The highest BCUT2D eigenvalue weighted by Gasteiger charge is 2.20. The second-order valence-corrected chi connectivity index (χ2v) is 8.64. The Hall–Kier alpha value is -3.55. The number of hydrogen-bond acceptors (Lipinski definition) is 6. The van der Waals surface area contributed by atoms with E-state index >= 15 is 0 Å². The van der Waals surface area contributed by atoms with E-state index in [4.69, 9.17) is 16.3 Å². The van der Waals surface area contributed by atoms with Gasteiger partial charge in [0.15, 0.2) is 0 Å². The highest BCUT2D eigenvalue weighted by Crippen LogP contribution is 2.31. The Bertz CT molecular complexity index is 1410. The molecule has 0 N–H and O–H groups in total. The van der Waals surface area contributed by atoms with E-state index in [9.17, 15) is 4.79 Å². The Morgan fingerprint density at radius 3 is 2.69 bits per heavy atom. The lowest BCUT2D eigenvalue weighted by molar-refractivity contribution is 0.104.